The predicted molar refractivity (Wildman–Crippen MR) is 60.3 cm³/mol. The highest BCUT2D eigenvalue weighted by Gasteiger charge is 2.12. The van der Waals surface area contributed by atoms with Gasteiger partial charge in [-0.3, -0.25) is 4.79 Å². The van der Waals surface area contributed by atoms with Crippen LogP contribution in [0.15, 0.2) is 18.3 Å². The molecule has 1 aromatic rings. The number of aromatic nitrogens is 1. The Kier molecular flexibility index (Phi) is 5.01. The molecule has 0 aliphatic heterocycles. The Morgan fingerprint density at radius 3 is 3.06 bits per heavy atom. The van der Waals surface area contributed by atoms with Gasteiger partial charge >= 0.3 is 0 Å². The van der Waals surface area contributed by atoms with E-state index in [1.54, 1.807) is 20.1 Å². The zero-order chi connectivity index (χ0) is 12.0. The molecule has 0 spiro atoms. The first-order chi connectivity index (χ1) is 7.69. The van der Waals surface area contributed by atoms with Crippen molar-refractivity contribution < 1.29 is 14.6 Å². The summed E-state index contributed by atoms with van der Waals surface area (Å²) in [5, 5.41) is 11.5. The van der Waals surface area contributed by atoms with Crippen LogP contribution in [-0.2, 0) is 11.3 Å². The molecule has 0 aliphatic rings. The number of ether oxygens (including phenoxy) is 1. The summed E-state index contributed by atoms with van der Waals surface area (Å²) in [6.45, 7) is 2.88. The standard InChI is InChI=1S/C11H18N2O3/c1-9(8-14)12-11(15)10-4-3-5-13(10)6-7-16-2/h3-5,9,14H,6-8H2,1-2H3,(H,12,15). The molecule has 1 unspecified atom stereocenters. The van der Waals surface area contributed by atoms with Gasteiger partial charge in [0.25, 0.3) is 5.91 Å². The van der Waals surface area contributed by atoms with Gasteiger partial charge in [0.15, 0.2) is 0 Å². The molecule has 1 aromatic heterocycles. The average Bonchev–Trinajstić information content (AvgIpc) is 2.74. The molecule has 0 bridgehead atoms. The van der Waals surface area contributed by atoms with Gasteiger partial charge in [-0.05, 0) is 19.1 Å². The minimum Gasteiger partial charge on any atom is -0.394 e. The lowest BCUT2D eigenvalue weighted by atomic mass is 10.3. The first-order valence-electron chi connectivity index (χ1n) is 5.24. The molecule has 1 amide bonds. The number of amides is 1. The van der Waals surface area contributed by atoms with Crippen LogP contribution in [0.4, 0.5) is 0 Å². The first-order valence-corrected chi connectivity index (χ1v) is 5.24. The Hall–Kier alpha value is -1.33. The number of aliphatic hydroxyl groups is 1. The molecule has 1 rings (SSSR count). The molecule has 0 saturated carbocycles. The Morgan fingerprint density at radius 2 is 2.44 bits per heavy atom. The van der Waals surface area contributed by atoms with Gasteiger partial charge in [-0.2, -0.15) is 0 Å². The SMILES string of the molecule is COCCn1cccc1C(=O)NC(C)CO. The van der Waals surface area contributed by atoms with E-state index in [4.69, 9.17) is 9.84 Å². The Balaban J connectivity index is 2.64. The molecule has 1 atom stereocenters. The molecule has 16 heavy (non-hydrogen) atoms. The summed E-state index contributed by atoms with van der Waals surface area (Å²) >= 11 is 0. The van der Waals surface area contributed by atoms with Crippen molar-refractivity contribution in [1.82, 2.24) is 9.88 Å². The number of nitrogens with zero attached hydrogens (tertiary/aromatic N) is 1. The van der Waals surface area contributed by atoms with E-state index in [1.807, 2.05) is 16.8 Å². The fraction of sp³-hybridized carbons (Fsp3) is 0.545. The second kappa shape index (κ2) is 6.30. The van der Waals surface area contributed by atoms with Gasteiger partial charge in [-0.25, -0.2) is 0 Å². The van der Waals surface area contributed by atoms with E-state index in [0.717, 1.165) is 0 Å². The molecule has 90 valence electrons. The molecule has 0 radical (unpaired) electrons. The molecule has 0 aliphatic carbocycles. The van der Waals surface area contributed by atoms with E-state index < -0.39 is 0 Å². The number of rotatable bonds is 6. The molecule has 0 aromatic carbocycles. The van der Waals surface area contributed by atoms with Crippen LogP contribution in [0.1, 0.15) is 17.4 Å². The molecule has 0 fully saturated rings. The van der Waals surface area contributed by atoms with Gasteiger partial charge in [0.2, 0.25) is 0 Å². The van der Waals surface area contributed by atoms with E-state index in [-0.39, 0.29) is 18.6 Å². The number of aliphatic hydroxyl groups excluding tert-OH is 1. The van der Waals surface area contributed by atoms with E-state index in [9.17, 15) is 4.79 Å². The van der Waals surface area contributed by atoms with Crippen LogP contribution in [0.5, 0.6) is 0 Å². The number of carbonyl (C=O) groups excluding carboxylic acids is 1. The van der Waals surface area contributed by atoms with Gasteiger partial charge in [-0.1, -0.05) is 0 Å². The van der Waals surface area contributed by atoms with E-state index in [2.05, 4.69) is 5.32 Å². The highest BCUT2D eigenvalue weighted by atomic mass is 16.5. The third-order valence-electron chi connectivity index (χ3n) is 2.25. The fourth-order valence-electron chi connectivity index (χ4n) is 1.35. The van der Waals surface area contributed by atoms with Crippen molar-refractivity contribution in [1.29, 1.82) is 0 Å². The van der Waals surface area contributed by atoms with Crippen molar-refractivity contribution in [3.05, 3.63) is 24.0 Å². The van der Waals surface area contributed by atoms with Gasteiger partial charge in [0, 0.05) is 25.9 Å². The largest absolute Gasteiger partial charge is 0.394 e. The maximum Gasteiger partial charge on any atom is 0.268 e. The first kappa shape index (κ1) is 12.7. The molecule has 2 N–H and O–H groups in total. The van der Waals surface area contributed by atoms with Crippen LogP contribution < -0.4 is 5.32 Å². The fourth-order valence-corrected chi connectivity index (χ4v) is 1.35. The number of carbonyl (C=O) groups is 1. The molecular formula is C11H18N2O3. The minimum absolute atomic E-state index is 0.0650. The van der Waals surface area contributed by atoms with Crippen molar-refractivity contribution >= 4 is 5.91 Å². The normalized spacial score (nSPS) is 12.4. The average molecular weight is 226 g/mol. The monoisotopic (exact) mass is 226 g/mol. The molecule has 5 nitrogen and oxygen atoms in total. The highest BCUT2D eigenvalue weighted by Crippen LogP contribution is 2.02. The van der Waals surface area contributed by atoms with Crippen LogP contribution in [0.3, 0.4) is 0 Å². The lowest BCUT2D eigenvalue weighted by Gasteiger charge is -2.12. The Bertz CT molecular complexity index is 336. The summed E-state index contributed by atoms with van der Waals surface area (Å²) in [4.78, 5) is 11.8. The third-order valence-corrected chi connectivity index (χ3v) is 2.25. The number of methoxy groups -OCH3 is 1. The van der Waals surface area contributed by atoms with Crippen molar-refractivity contribution in [2.45, 2.75) is 19.5 Å². The lowest BCUT2D eigenvalue weighted by molar-refractivity contribution is 0.0910. The second-order valence-corrected chi connectivity index (χ2v) is 3.64. The zero-order valence-electron chi connectivity index (χ0n) is 9.64. The predicted octanol–water partition coefficient (Wildman–Crippen LogP) is 0.245. The molecular weight excluding hydrogens is 208 g/mol. The van der Waals surface area contributed by atoms with Gasteiger partial charge in [0.05, 0.1) is 13.2 Å². The van der Waals surface area contributed by atoms with Crippen LogP contribution in [0, 0.1) is 0 Å². The topological polar surface area (TPSA) is 63.5 Å². The van der Waals surface area contributed by atoms with Crippen LogP contribution in [0.2, 0.25) is 0 Å². The summed E-state index contributed by atoms with van der Waals surface area (Å²) in [6.07, 6.45) is 1.83. The van der Waals surface area contributed by atoms with Crippen molar-refractivity contribution in [3.63, 3.8) is 0 Å². The maximum absolute atomic E-state index is 11.8. The number of nitrogens with one attached hydrogen (secondary N) is 1. The number of hydrogen-bond acceptors (Lipinski definition) is 3. The molecule has 5 heteroatoms. The lowest BCUT2D eigenvalue weighted by Crippen LogP contribution is -2.36. The molecule has 1 heterocycles. The van der Waals surface area contributed by atoms with Gasteiger partial charge in [0.1, 0.15) is 5.69 Å². The quantitative estimate of drug-likeness (QED) is 0.730. The van der Waals surface area contributed by atoms with Crippen molar-refractivity contribution in [3.8, 4) is 0 Å². The second-order valence-electron chi connectivity index (χ2n) is 3.64. The third kappa shape index (κ3) is 3.36. The van der Waals surface area contributed by atoms with Crippen molar-refractivity contribution in [2.24, 2.45) is 0 Å². The van der Waals surface area contributed by atoms with Gasteiger partial charge < -0.3 is 19.7 Å². The number of hydrogen-bond donors (Lipinski definition) is 2. The highest BCUT2D eigenvalue weighted by molar-refractivity contribution is 5.92. The Labute approximate surface area is 95.0 Å². The summed E-state index contributed by atoms with van der Waals surface area (Å²) in [5.41, 5.74) is 0.581. The molecule has 0 saturated heterocycles. The minimum atomic E-state index is -0.238. The van der Waals surface area contributed by atoms with Crippen molar-refractivity contribution in [2.75, 3.05) is 20.3 Å². The van der Waals surface area contributed by atoms with E-state index >= 15 is 0 Å². The van der Waals surface area contributed by atoms with E-state index in [0.29, 0.717) is 18.8 Å². The summed E-state index contributed by atoms with van der Waals surface area (Å²) in [6, 6.07) is 3.32. The van der Waals surface area contributed by atoms with Crippen LogP contribution in [-0.4, -0.2) is 41.9 Å². The van der Waals surface area contributed by atoms with Crippen LogP contribution >= 0.6 is 0 Å². The van der Waals surface area contributed by atoms with Crippen LogP contribution in [0.25, 0.3) is 0 Å². The maximum atomic E-state index is 11.8. The van der Waals surface area contributed by atoms with Gasteiger partial charge in [-0.15, -0.1) is 0 Å². The Morgan fingerprint density at radius 1 is 1.69 bits per heavy atom. The zero-order valence-corrected chi connectivity index (χ0v) is 9.64. The van der Waals surface area contributed by atoms with E-state index in [1.165, 1.54) is 0 Å². The summed E-state index contributed by atoms with van der Waals surface area (Å²) in [5.74, 6) is -0.178. The summed E-state index contributed by atoms with van der Waals surface area (Å²) in [7, 11) is 1.62. The smallest absolute Gasteiger partial charge is 0.268 e. The summed E-state index contributed by atoms with van der Waals surface area (Å²) < 4.78 is 6.78.